The molecule has 0 aliphatic carbocycles. The van der Waals surface area contributed by atoms with Crippen LogP contribution < -0.4 is 10.1 Å². The second-order valence-electron chi connectivity index (χ2n) is 7.62. The van der Waals surface area contributed by atoms with E-state index in [-0.39, 0.29) is 36.0 Å². The monoisotopic (exact) mass is 503 g/mol. The lowest BCUT2D eigenvalue weighted by Gasteiger charge is -2.25. The van der Waals surface area contributed by atoms with Crippen LogP contribution in [0.4, 0.5) is 9.59 Å². The Balaban J connectivity index is 1.58. The lowest BCUT2D eigenvalue weighted by molar-refractivity contribution is 0.0947. The van der Waals surface area contributed by atoms with Crippen molar-refractivity contribution in [2.75, 3.05) is 13.7 Å². The zero-order chi connectivity index (χ0) is 25.6. The van der Waals surface area contributed by atoms with E-state index in [1.165, 1.54) is 7.11 Å². The first kappa shape index (κ1) is 25.7. The van der Waals surface area contributed by atoms with Crippen LogP contribution in [0.1, 0.15) is 36.0 Å². The van der Waals surface area contributed by atoms with Gasteiger partial charge in [-0.2, -0.15) is 0 Å². The molecule has 0 saturated heterocycles. The topological polar surface area (TPSA) is 156 Å². The fourth-order valence-corrected chi connectivity index (χ4v) is 4.78. The lowest BCUT2D eigenvalue weighted by atomic mass is 10.2. The summed E-state index contributed by atoms with van der Waals surface area (Å²) in [6, 6.07) is 12.2. The molecule has 1 aromatic heterocycles. The van der Waals surface area contributed by atoms with Gasteiger partial charge in [-0.1, -0.05) is 30.3 Å². The highest BCUT2D eigenvalue weighted by Crippen LogP contribution is 2.23. The second kappa shape index (κ2) is 11.0. The molecule has 3 amide bonds. The number of fused-ring (bicyclic) bond motifs is 1. The van der Waals surface area contributed by atoms with Crippen LogP contribution in [-0.2, 0) is 15.6 Å². The number of aromatic nitrogens is 1. The van der Waals surface area contributed by atoms with Crippen LogP contribution in [0.5, 0.6) is 5.75 Å². The van der Waals surface area contributed by atoms with E-state index in [0.29, 0.717) is 22.4 Å². The minimum absolute atomic E-state index is 0.0121. The van der Waals surface area contributed by atoms with Gasteiger partial charge in [0.1, 0.15) is 16.6 Å². The molecule has 186 valence electrons. The molecule has 0 aliphatic heterocycles. The molecular formula is C23H25N3O8S. The molecule has 1 atom stereocenters. The first-order chi connectivity index (χ1) is 16.6. The third kappa shape index (κ3) is 6.15. The Bertz CT molecular complexity index is 1300. The van der Waals surface area contributed by atoms with Crippen LogP contribution in [0.2, 0.25) is 0 Å². The van der Waals surface area contributed by atoms with Crippen molar-refractivity contribution in [3.63, 3.8) is 0 Å². The molecule has 0 aliphatic rings. The van der Waals surface area contributed by atoms with E-state index in [9.17, 15) is 27.9 Å². The van der Waals surface area contributed by atoms with E-state index in [4.69, 9.17) is 9.15 Å². The molecule has 1 heterocycles. The highest BCUT2D eigenvalue weighted by Gasteiger charge is 2.36. The second-order valence-corrected chi connectivity index (χ2v) is 9.91. The number of methoxy groups -OCH3 is 1. The van der Waals surface area contributed by atoms with Crippen LogP contribution >= 0.6 is 0 Å². The summed E-state index contributed by atoms with van der Waals surface area (Å²) in [4.78, 5) is 40.9. The Morgan fingerprint density at radius 2 is 1.83 bits per heavy atom. The smallest absolute Gasteiger partial charge is 0.416 e. The van der Waals surface area contributed by atoms with Gasteiger partial charge in [-0.15, -0.1) is 0 Å². The number of amides is 3. The van der Waals surface area contributed by atoms with Crippen molar-refractivity contribution in [3.05, 3.63) is 60.0 Å². The van der Waals surface area contributed by atoms with E-state index < -0.39 is 33.1 Å². The summed E-state index contributed by atoms with van der Waals surface area (Å²) in [6.45, 7) is 1.06. The van der Waals surface area contributed by atoms with Gasteiger partial charge in [0.2, 0.25) is 5.78 Å². The Hall–Kier alpha value is -3.93. The van der Waals surface area contributed by atoms with E-state index in [0.717, 1.165) is 6.92 Å². The summed E-state index contributed by atoms with van der Waals surface area (Å²) in [7, 11) is -2.71. The highest BCUT2D eigenvalue weighted by atomic mass is 32.2. The first-order valence-electron chi connectivity index (χ1n) is 10.7. The van der Waals surface area contributed by atoms with Crippen LogP contribution in [0.25, 0.3) is 11.1 Å². The molecule has 0 radical (unpaired) electrons. The number of para-hydroxylation sites is 3. The number of carboxylic acid groups (broad SMARTS) is 1. The van der Waals surface area contributed by atoms with Gasteiger partial charge in [0.25, 0.3) is 5.89 Å². The van der Waals surface area contributed by atoms with E-state index in [2.05, 4.69) is 10.3 Å². The molecule has 12 heteroatoms. The summed E-state index contributed by atoms with van der Waals surface area (Å²) in [5.41, 5.74) is 1.36. The number of ketones is 1. The van der Waals surface area contributed by atoms with Crippen LogP contribution in [0.15, 0.2) is 52.9 Å². The third-order valence-electron chi connectivity index (χ3n) is 5.25. The maximum Gasteiger partial charge on any atom is 0.416 e. The standard InChI is InChI=1S/C23H25N3O8S/c1-15(35(31,32)14-16-8-3-5-11-19(16)33-2)26(23(29)30)22(28)24-13-7-10-18(27)21-25-17-9-4-6-12-20(17)34-21/h3-6,8-9,11-12,15H,7,10,13-14H2,1-2H3,(H,24,28)(H,29,30). The Labute approximate surface area is 201 Å². The highest BCUT2D eigenvalue weighted by molar-refractivity contribution is 7.91. The Morgan fingerprint density at radius 1 is 1.14 bits per heavy atom. The Morgan fingerprint density at radius 3 is 2.51 bits per heavy atom. The quantitative estimate of drug-likeness (QED) is 0.312. The average Bonchev–Trinajstić information content (AvgIpc) is 3.26. The van der Waals surface area contributed by atoms with Gasteiger partial charge < -0.3 is 19.6 Å². The van der Waals surface area contributed by atoms with Crippen molar-refractivity contribution in [2.45, 2.75) is 30.9 Å². The van der Waals surface area contributed by atoms with Crippen molar-refractivity contribution in [2.24, 2.45) is 0 Å². The molecule has 2 aromatic carbocycles. The molecule has 0 fully saturated rings. The molecule has 0 spiro atoms. The largest absolute Gasteiger partial charge is 0.496 e. The number of ether oxygens (including phenoxy) is 1. The minimum atomic E-state index is -4.10. The molecule has 35 heavy (non-hydrogen) atoms. The van der Waals surface area contributed by atoms with Crippen LogP contribution in [-0.4, -0.2) is 60.3 Å². The number of rotatable bonds is 10. The lowest BCUT2D eigenvalue weighted by Crippen LogP contribution is -2.51. The number of Topliss-reactive ketones (excluding diaryl/α,β-unsaturated/α-hetero) is 1. The van der Waals surface area contributed by atoms with Gasteiger partial charge in [0.15, 0.2) is 15.4 Å². The maximum atomic E-state index is 12.9. The molecule has 0 bridgehead atoms. The van der Waals surface area contributed by atoms with Gasteiger partial charge in [0.05, 0.1) is 12.9 Å². The number of imide groups is 1. The van der Waals surface area contributed by atoms with Crippen molar-refractivity contribution in [1.29, 1.82) is 0 Å². The molecule has 1 unspecified atom stereocenters. The summed E-state index contributed by atoms with van der Waals surface area (Å²) < 4.78 is 36.3. The SMILES string of the molecule is COc1ccccc1CS(=O)(=O)C(C)N(C(=O)O)C(=O)NCCCC(=O)c1nc2ccccc2o1. The zero-order valence-corrected chi connectivity index (χ0v) is 19.9. The predicted molar refractivity (Wildman–Crippen MR) is 126 cm³/mol. The fraction of sp³-hybridized carbons (Fsp3) is 0.304. The third-order valence-corrected chi connectivity index (χ3v) is 7.21. The van der Waals surface area contributed by atoms with Crippen molar-refractivity contribution in [3.8, 4) is 5.75 Å². The van der Waals surface area contributed by atoms with Gasteiger partial charge >= 0.3 is 12.1 Å². The van der Waals surface area contributed by atoms with Gasteiger partial charge in [-0.25, -0.2) is 27.9 Å². The van der Waals surface area contributed by atoms with Crippen molar-refractivity contribution < 1.29 is 37.1 Å². The molecular weight excluding hydrogens is 478 g/mol. The molecule has 11 nitrogen and oxygen atoms in total. The normalized spacial score (nSPS) is 12.2. The number of oxazole rings is 1. The van der Waals surface area contributed by atoms with Crippen molar-refractivity contribution >= 4 is 38.8 Å². The number of sulfone groups is 1. The van der Waals surface area contributed by atoms with Gasteiger partial charge in [-0.3, -0.25) is 4.79 Å². The van der Waals surface area contributed by atoms with Crippen LogP contribution in [0.3, 0.4) is 0 Å². The maximum absolute atomic E-state index is 12.9. The zero-order valence-electron chi connectivity index (χ0n) is 19.1. The fourth-order valence-electron chi connectivity index (χ4n) is 3.36. The number of nitrogens with zero attached hydrogens (tertiary/aromatic N) is 2. The van der Waals surface area contributed by atoms with Gasteiger partial charge in [-0.05, 0) is 31.5 Å². The summed E-state index contributed by atoms with van der Waals surface area (Å²) in [6.07, 6.45) is -1.57. The summed E-state index contributed by atoms with van der Waals surface area (Å²) in [5, 5.41) is 10.2. The van der Waals surface area contributed by atoms with E-state index >= 15 is 0 Å². The number of carbonyl (C=O) groups excluding carboxylic acids is 2. The number of hydrogen-bond donors (Lipinski definition) is 2. The number of hydrogen-bond acceptors (Lipinski definition) is 8. The van der Waals surface area contributed by atoms with E-state index in [1.807, 2.05) is 0 Å². The minimum Gasteiger partial charge on any atom is -0.496 e. The number of benzene rings is 2. The summed E-state index contributed by atoms with van der Waals surface area (Å²) >= 11 is 0. The van der Waals surface area contributed by atoms with Crippen LogP contribution in [0, 0.1) is 0 Å². The molecule has 3 rings (SSSR count). The number of carbonyl (C=O) groups is 3. The first-order valence-corrected chi connectivity index (χ1v) is 12.4. The van der Waals surface area contributed by atoms with E-state index in [1.54, 1.807) is 48.5 Å². The molecule has 0 saturated carbocycles. The number of urea groups is 1. The molecule has 3 aromatic rings. The molecule has 2 N–H and O–H groups in total. The average molecular weight is 504 g/mol. The van der Waals surface area contributed by atoms with Gasteiger partial charge in [0, 0.05) is 18.5 Å². The van der Waals surface area contributed by atoms with Crippen molar-refractivity contribution in [1.82, 2.24) is 15.2 Å². The predicted octanol–water partition coefficient (Wildman–Crippen LogP) is 3.45. The summed E-state index contributed by atoms with van der Waals surface area (Å²) in [5.74, 6) is -0.619. The Kier molecular flexibility index (Phi) is 8.07. The number of nitrogens with one attached hydrogen (secondary N) is 1.